The molecule has 0 aliphatic rings. The lowest BCUT2D eigenvalue weighted by molar-refractivity contribution is -0.122. The summed E-state index contributed by atoms with van der Waals surface area (Å²) in [6.07, 6.45) is 0.149. The lowest BCUT2D eigenvalue weighted by Crippen LogP contribution is -2.34. The van der Waals surface area contributed by atoms with Crippen molar-refractivity contribution in [1.29, 1.82) is 0 Å². The van der Waals surface area contributed by atoms with Crippen LogP contribution in [-0.4, -0.2) is 24.0 Å². The highest BCUT2D eigenvalue weighted by Gasteiger charge is 2.19. The minimum absolute atomic E-state index is 0.0663. The average molecular weight is 340 g/mol. The van der Waals surface area contributed by atoms with E-state index in [1.165, 1.54) is 0 Å². The van der Waals surface area contributed by atoms with Gasteiger partial charge in [-0.15, -0.1) is 0 Å². The zero-order chi connectivity index (χ0) is 18.2. The molecule has 0 fully saturated rings. The Kier molecular flexibility index (Phi) is 6.57. The highest BCUT2D eigenvalue weighted by atomic mass is 16.5. The molecule has 0 aliphatic carbocycles. The molecule has 0 saturated carbocycles. The van der Waals surface area contributed by atoms with Gasteiger partial charge in [-0.1, -0.05) is 37.3 Å². The van der Waals surface area contributed by atoms with Crippen LogP contribution in [0, 0.1) is 0 Å². The van der Waals surface area contributed by atoms with Gasteiger partial charge in [0.15, 0.2) is 6.10 Å². The monoisotopic (exact) mass is 340 g/mol. The largest absolute Gasteiger partial charge is 0.481 e. The van der Waals surface area contributed by atoms with E-state index in [4.69, 9.17) is 4.74 Å². The van der Waals surface area contributed by atoms with Crippen molar-refractivity contribution in [3.05, 3.63) is 60.2 Å². The number of carbonyl (C=O) groups excluding carboxylic acids is 2. The zero-order valence-electron chi connectivity index (χ0n) is 14.8. The smallest absolute Gasteiger partial charge is 0.265 e. The summed E-state index contributed by atoms with van der Waals surface area (Å²) in [4.78, 5) is 24.8. The van der Waals surface area contributed by atoms with Gasteiger partial charge in [0.25, 0.3) is 11.8 Å². The molecule has 2 amide bonds. The summed E-state index contributed by atoms with van der Waals surface area (Å²) in [5.41, 5.74) is 0.903. The van der Waals surface area contributed by atoms with Crippen LogP contribution in [0.2, 0.25) is 0 Å². The van der Waals surface area contributed by atoms with Gasteiger partial charge in [0.05, 0.1) is 11.3 Å². The Bertz CT molecular complexity index is 716. The third-order valence-corrected chi connectivity index (χ3v) is 3.84. The standard InChI is InChI=1S/C20H24N2O3/c1-4-14(2)21-20(24)17-12-8-9-13-18(17)22-19(23)15(3)25-16-10-6-5-7-11-16/h5-15H,4H2,1-3H3,(H,21,24)(H,22,23)/t14-,15+/m0/s1. The SMILES string of the molecule is CC[C@H](C)NC(=O)c1ccccc1NC(=O)[C@@H](C)Oc1ccccc1. The summed E-state index contributed by atoms with van der Waals surface area (Å²) in [5, 5.41) is 5.69. The van der Waals surface area contributed by atoms with E-state index in [2.05, 4.69) is 10.6 Å². The van der Waals surface area contributed by atoms with Crippen LogP contribution in [0.4, 0.5) is 5.69 Å². The highest BCUT2D eigenvalue weighted by molar-refractivity contribution is 6.04. The quantitative estimate of drug-likeness (QED) is 0.809. The number of hydrogen-bond acceptors (Lipinski definition) is 3. The number of nitrogens with one attached hydrogen (secondary N) is 2. The maximum Gasteiger partial charge on any atom is 0.265 e. The molecule has 0 heterocycles. The van der Waals surface area contributed by atoms with Gasteiger partial charge in [0.1, 0.15) is 5.75 Å². The lowest BCUT2D eigenvalue weighted by atomic mass is 10.1. The predicted octanol–water partition coefficient (Wildman–Crippen LogP) is 3.62. The van der Waals surface area contributed by atoms with E-state index in [0.717, 1.165) is 6.42 Å². The van der Waals surface area contributed by atoms with Gasteiger partial charge >= 0.3 is 0 Å². The molecule has 2 rings (SSSR count). The molecule has 5 nitrogen and oxygen atoms in total. The van der Waals surface area contributed by atoms with Crippen LogP contribution in [0.15, 0.2) is 54.6 Å². The second-order valence-electron chi connectivity index (χ2n) is 5.89. The molecule has 132 valence electrons. The van der Waals surface area contributed by atoms with E-state index in [-0.39, 0.29) is 17.9 Å². The fourth-order valence-electron chi connectivity index (χ4n) is 2.18. The van der Waals surface area contributed by atoms with Crippen molar-refractivity contribution in [2.75, 3.05) is 5.32 Å². The summed E-state index contributed by atoms with van der Waals surface area (Å²) in [5.74, 6) is 0.0995. The zero-order valence-corrected chi connectivity index (χ0v) is 14.8. The van der Waals surface area contributed by atoms with E-state index < -0.39 is 6.10 Å². The van der Waals surface area contributed by atoms with Crippen LogP contribution in [0.5, 0.6) is 5.75 Å². The summed E-state index contributed by atoms with van der Waals surface area (Å²) < 4.78 is 5.62. The predicted molar refractivity (Wildman–Crippen MR) is 98.8 cm³/mol. The number of rotatable bonds is 7. The fraction of sp³-hybridized carbons (Fsp3) is 0.300. The van der Waals surface area contributed by atoms with Crippen LogP contribution in [0.25, 0.3) is 0 Å². The summed E-state index contributed by atoms with van der Waals surface area (Å²) in [6, 6.07) is 16.1. The van der Waals surface area contributed by atoms with Gasteiger partial charge in [-0.05, 0) is 44.5 Å². The van der Waals surface area contributed by atoms with E-state index in [0.29, 0.717) is 17.0 Å². The van der Waals surface area contributed by atoms with Gasteiger partial charge in [0.2, 0.25) is 0 Å². The van der Waals surface area contributed by atoms with Crippen LogP contribution >= 0.6 is 0 Å². The van der Waals surface area contributed by atoms with Crippen LogP contribution < -0.4 is 15.4 Å². The first kappa shape index (κ1) is 18.5. The van der Waals surface area contributed by atoms with Crippen molar-refractivity contribution in [1.82, 2.24) is 5.32 Å². The van der Waals surface area contributed by atoms with Crippen molar-refractivity contribution in [3.63, 3.8) is 0 Å². The fourth-order valence-corrected chi connectivity index (χ4v) is 2.18. The van der Waals surface area contributed by atoms with E-state index in [9.17, 15) is 9.59 Å². The van der Waals surface area contributed by atoms with Gasteiger partial charge < -0.3 is 15.4 Å². The highest BCUT2D eigenvalue weighted by Crippen LogP contribution is 2.17. The van der Waals surface area contributed by atoms with Crippen LogP contribution in [-0.2, 0) is 4.79 Å². The number of amides is 2. The topological polar surface area (TPSA) is 67.4 Å². The number of ether oxygens (including phenoxy) is 1. The molecule has 0 aromatic heterocycles. The Morgan fingerprint density at radius 3 is 2.32 bits per heavy atom. The van der Waals surface area contributed by atoms with Crippen molar-refractivity contribution in [3.8, 4) is 5.75 Å². The summed E-state index contributed by atoms with van der Waals surface area (Å²) in [7, 11) is 0. The first-order valence-electron chi connectivity index (χ1n) is 8.43. The number of carbonyl (C=O) groups is 2. The first-order chi connectivity index (χ1) is 12.0. The molecule has 0 spiro atoms. The average Bonchev–Trinajstić information content (AvgIpc) is 2.62. The molecule has 2 aromatic rings. The number of anilines is 1. The maximum absolute atomic E-state index is 12.4. The molecule has 5 heteroatoms. The lowest BCUT2D eigenvalue weighted by Gasteiger charge is -2.17. The first-order valence-corrected chi connectivity index (χ1v) is 8.43. The number of benzene rings is 2. The number of hydrogen-bond donors (Lipinski definition) is 2. The Morgan fingerprint density at radius 1 is 1.00 bits per heavy atom. The van der Waals surface area contributed by atoms with Crippen molar-refractivity contribution >= 4 is 17.5 Å². The summed E-state index contributed by atoms with van der Waals surface area (Å²) in [6.45, 7) is 5.61. The van der Waals surface area contributed by atoms with Crippen molar-refractivity contribution in [2.24, 2.45) is 0 Å². The second-order valence-corrected chi connectivity index (χ2v) is 5.89. The van der Waals surface area contributed by atoms with Gasteiger partial charge in [0, 0.05) is 6.04 Å². The maximum atomic E-state index is 12.4. The molecule has 0 radical (unpaired) electrons. The van der Waals surface area contributed by atoms with E-state index in [1.54, 1.807) is 43.3 Å². The number of para-hydroxylation sites is 2. The Balaban J connectivity index is 2.06. The summed E-state index contributed by atoms with van der Waals surface area (Å²) >= 11 is 0. The molecule has 0 unspecified atom stereocenters. The molecule has 2 atom stereocenters. The Hall–Kier alpha value is -2.82. The van der Waals surface area contributed by atoms with E-state index >= 15 is 0 Å². The molecule has 2 N–H and O–H groups in total. The third-order valence-electron chi connectivity index (χ3n) is 3.84. The van der Waals surface area contributed by atoms with Crippen LogP contribution in [0.3, 0.4) is 0 Å². The van der Waals surface area contributed by atoms with Crippen molar-refractivity contribution in [2.45, 2.75) is 39.3 Å². The normalized spacial score (nSPS) is 12.8. The van der Waals surface area contributed by atoms with Gasteiger partial charge in [-0.2, -0.15) is 0 Å². The third kappa shape index (κ3) is 5.35. The molecule has 0 bridgehead atoms. The Morgan fingerprint density at radius 2 is 1.64 bits per heavy atom. The second kappa shape index (κ2) is 8.87. The minimum atomic E-state index is -0.687. The molecule has 0 saturated heterocycles. The van der Waals surface area contributed by atoms with Gasteiger partial charge in [-0.25, -0.2) is 0 Å². The van der Waals surface area contributed by atoms with Crippen LogP contribution in [0.1, 0.15) is 37.6 Å². The Labute approximate surface area is 148 Å². The van der Waals surface area contributed by atoms with E-state index in [1.807, 2.05) is 32.0 Å². The molecule has 25 heavy (non-hydrogen) atoms. The molecule has 2 aromatic carbocycles. The molecular formula is C20H24N2O3. The van der Waals surface area contributed by atoms with Gasteiger partial charge in [-0.3, -0.25) is 9.59 Å². The molecular weight excluding hydrogens is 316 g/mol. The minimum Gasteiger partial charge on any atom is -0.481 e. The molecule has 0 aliphatic heterocycles. The van der Waals surface area contributed by atoms with Crippen molar-refractivity contribution < 1.29 is 14.3 Å².